The molecule has 0 bridgehead atoms. The predicted octanol–water partition coefficient (Wildman–Crippen LogP) is 1.97. The van der Waals surface area contributed by atoms with Crippen LogP contribution in [0.15, 0.2) is 0 Å². The van der Waals surface area contributed by atoms with Crippen molar-refractivity contribution in [2.45, 2.75) is 32.1 Å². The van der Waals surface area contributed by atoms with E-state index >= 15 is 0 Å². The van der Waals surface area contributed by atoms with Gasteiger partial charge >= 0.3 is 5.97 Å². The second-order valence-corrected chi connectivity index (χ2v) is 5.07. The highest BCUT2D eigenvalue weighted by Gasteiger charge is 2.31. The zero-order valence-electron chi connectivity index (χ0n) is 11.5. The monoisotopic (exact) mass is 278 g/mol. The summed E-state index contributed by atoms with van der Waals surface area (Å²) in [6.07, 6.45) is 3.16. The molecule has 1 aromatic carbocycles. The number of benzene rings is 1. The molecule has 0 saturated carbocycles. The highest BCUT2D eigenvalue weighted by molar-refractivity contribution is 5.67. The Kier molecular flexibility index (Phi) is 3.42. The zero-order chi connectivity index (χ0) is 14.1. The first kappa shape index (κ1) is 13.1. The van der Waals surface area contributed by atoms with Gasteiger partial charge in [0.1, 0.15) is 5.75 Å². The van der Waals surface area contributed by atoms with Crippen molar-refractivity contribution in [2.75, 3.05) is 20.3 Å². The molecule has 108 valence electrons. The molecular weight excluding hydrogens is 260 g/mol. The van der Waals surface area contributed by atoms with Crippen molar-refractivity contribution >= 4 is 5.97 Å². The summed E-state index contributed by atoms with van der Waals surface area (Å²) in [6.45, 7) is 1.31. The van der Waals surface area contributed by atoms with Crippen molar-refractivity contribution in [2.24, 2.45) is 0 Å². The number of carboxylic acids is 1. The van der Waals surface area contributed by atoms with Crippen LogP contribution in [0.2, 0.25) is 0 Å². The summed E-state index contributed by atoms with van der Waals surface area (Å²) < 4.78 is 17.0. The molecule has 0 aliphatic carbocycles. The second kappa shape index (κ2) is 5.23. The van der Waals surface area contributed by atoms with Gasteiger partial charge in [-0.1, -0.05) is 0 Å². The summed E-state index contributed by atoms with van der Waals surface area (Å²) in [7, 11) is 1.65. The molecule has 0 amide bonds. The van der Waals surface area contributed by atoms with Gasteiger partial charge in [-0.15, -0.1) is 0 Å². The molecule has 2 heterocycles. The largest absolute Gasteiger partial charge is 0.493 e. The highest BCUT2D eigenvalue weighted by Crippen LogP contribution is 2.49. The Bertz CT molecular complexity index is 515. The van der Waals surface area contributed by atoms with Gasteiger partial charge in [-0.25, -0.2) is 0 Å². The van der Waals surface area contributed by atoms with Crippen molar-refractivity contribution < 1.29 is 24.1 Å². The van der Waals surface area contributed by atoms with Crippen LogP contribution in [-0.2, 0) is 24.1 Å². The maximum absolute atomic E-state index is 10.7. The number of ether oxygens (including phenoxy) is 3. The Morgan fingerprint density at radius 2 is 1.90 bits per heavy atom. The lowest BCUT2D eigenvalue weighted by Crippen LogP contribution is -2.01. The van der Waals surface area contributed by atoms with Crippen molar-refractivity contribution in [3.63, 3.8) is 0 Å². The van der Waals surface area contributed by atoms with Crippen molar-refractivity contribution in [3.8, 4) is 17.2 Å². The van der Waals surface area contributed by atoms with Crippen LogP contribution in [0, 0.1) is 0 Å². The SMILES string of the molecule is COc1c2c(c(CCCC(=O)O)c3c1OCC3)OCC2. The van der Waals surface area contributed by atoms with Gasteiger partial charge in [0.05, 0.1) is 20.3 Å². The first-order valence-electron chi connectivity index (χ1n) is 6.94. The van der Waals surface area contributed by atoms with E-state index in [9.17, 15) is 4.79 Å². The molecule has 0 unspecified atom stereocenters. The Balaban J connectivity index is 1.99. The van der Waals surface area contributed by atoms with E-state index in [0.29, 0.717) is 26.1 Å². The maximum atomic E-state index is 10.7. The molecule has 5 nitrogen and oxygen atoms in total. The predicted molar refractivity (Wildman–Crippen MR) is 72.0 cm³/mol. The van der Waals surface area contributed by atoms with Gasteiger partial charge in [0.2, 0.25) is 0 Å². The van der Waals surface area contributed by atoms with Crippen LogP contribution in [0.4, 0.5) is 0 Å². The molecule has 3 rings (SSSR count). The van der Waals surface area contributed by atoms with Crippen molar-refractivity contribution in [1.29, 1.82) is 0 Å². The number of methoxy groups -OCH3 is 1. The number of carbonyl (C=O) groups is 1. The summed E-state index contributed by atoms with van der Waals surface area (Å²) in [4.78, 5) is 10.7. The first-order valence-corrected chi connectivity index (χ1v) is 6.94. The van der Waals surface area contributed by atoms with E-state index in [-0.39, 0.29) is 6.42 Å². The average Bonchev–Trinajstić information content (AvgIpc) is 3.05. The number of hydrogen-bond donors (Lipinski definition) is 1. The Morgan fingerprint density at radius 1 is 1.20 bits per heavy atom. The Hall–Kier alpha value is -1.91. The molecule has 2 aliphatic rings. The molecule has 20 heavy (non-hydrogen) atoms. The molecule has 0 radical (unpaired) electrons. The second-order valence-electron chi connectivity index (χ2n) is 5.07. The quantitative estimate of drug-likeness (QED) is 0.892. The van der Waals surface area contributed by atoms with Gasteiger partial charge in [0, 0.05) is 36.0 Å². The lowest BCUT2D eigenvalue weighted by atomic mass is 9.94. The molecule has 0 atom stereocenters. The number of carboxylic acid groups (broad SMARTS) is 1. The summed E-state index contributed by atoms with van der Waals surface area (Å²) >= 11 is 0. The average molecular weight is 278 g/mol. The molecule has 5 heteroatoms. The minimum Gasteiger partial charge on any atom is -0.493 e. The van der Waals surface area contributed by atoms with Crippen LogP contribution in [0.25, 0.3) is 0 Å². The molecule has 0 fully saturated rings. The molecule has 2 aliphatic heterocycles. The third kappa shape index (κ3) is 2.07. The minimum absolute atomic E-state index is 0.177. The topological polar surface area (TPSA) is 65.0 Å². The Labute approximate surface area is 117 Å². The smallest absolute Gasteiger partial charge is 0.303 e. The van der Waals surface area contributed by atoms with Gasteiger partial charge < -0.3 is 19.3 Å². The molecule has 1 aromatic rings. The third-order valence-electron chi connectivity index (χ3n) is 3.89. The van der Waals surface area contributed by atoms with E-state index in [2.05, 4.69) is 0 Å². The number of fused-ring (bicyclic) bond motifs is 2. The van der Waals surface area contributed by atoms with Crippen LogP contribution >= 0.6 is 0 Å². The fraction of sp³-hybridized carbons (Fsp3) is 0.533. The summed E-state index contributed by atoms with van der Waals surface area (Å²) in [5, 5.41) is 8.78. The van der Waals surface area contributed by atoms with E-state index in [1.165, 1.54) is 0 Å². The fourth-order valence-corrected chi connectivity index (χ4v) is 3.06. The van der Waals surface area contributed by atoms with Crippen molar-refractivity contribution in [1.82, 2.24) is 0 Å². The van der Waals surface area contributed by atoms with Gasteiger partial charge in [0.15, 0.2) is 11.5 Å². The van der Waals surface area contributed by atoms with Gasteiger partial charge in [-0.05, 0) is 12.8 Å². The van der Waals surface area contributed by atoms with Crippen LogP contribution < -0.4 is 14.2 Å². The van der Waals surface area contributed by atoms with E-state index in [1.807, 2.05) is 0 Å². The standard InChI is InChI=1S/C15H18O5/c1-18-14-11-6-8-19-13(11)9(3-2-4-12(16)17)10-5-7-20-15(10)14/h2-8H2,1H3,(H,16,17). The van der Waals surface area contributed by atoms with E-state index in [0.717, 1.165) is 46.8 Å². The number of hydrogen-bond acceptors (Lipinski definition) is 4. The maximum Gasteiger partial charge on any atom is 0.303 e. The lowest BCUT2D eigenvalue weighted by Gasteiger charge is -2.16. The van der Waals surface area contributed by atoms with Crippen LogP contribution in [-0.4, -0.2) is 31.4 Å². The number of rotatable bonds is 5. The van der Waals surface area contributed by atoms with E-state index in [4.69, 9.17) is 19.3 Å². The Morgan fingerprint density at radius 3 is 2.60 bits per heavy atom. The zero-order valence-corrected chi connectivity index (χ0v) is 11.5. The van der Waals surface area contributed by atoms with Crippen LogP contribution in [0.5, 0.6) is 17.2 Å². The molecule has 0 aromatic heterocycles. The summed E-state index contributed by atoms with van der Waals surface area (Å²) in [5.41, 5.74) is 3.32. The van der Waals surface area contributed by atoms with Crippen LogP contribution in [0.1, 0.15) is 29.5 Å². The number of aliphatic carboxylic acids is 1. The van der Waals surface area contributed by atoms with E-state index < -0.39 is 5.97 Å². The normalized spacial score (nSPS) is 15.2. The highest BCUT2D eigenvalue weighted by atomic mass is 16.5. The van der Waals surface area contributed by atoms with Gasteiger partial charge in [0.25, 0.3) is 0 Å². The van der Waals surface area contributed by atoms with Gasteiger partial charge in [-0.2, -0.15) is 0 Å². The van der Waals surface area contributed by atoms with E-state index in [1.54, 1.807) is 7.11 Å². The molecule has 0 spiro atoms. The summed E-state index contributed by atoms with van der Waals surface area (Å²) in [5.74, 6) is 1.77. The molecule has 1 N–H and O–H groups in total. The fourth-order valence-electron chi connectivity index (χ4n) is 3.06. The third-order valence-corrected chi connectivity index (χ3v) is 3.89. The molecular formula is C15H18O5. The first-order chi connectivity index (χ1) is 9.72. The van der Waals surface area contributed by atoms with Gasteiger partial charge in [-0.3, -0.25) is 4.79 Å². The van der Waals surface area contributed by atoms with Crippen LogP contribution in [0.3, 0.4) is 0 Å². The summed E-state index contributed by atoms with van der Waals surface area (Å²) in [6, 6.07) is 0. The minimum atomic E-state index is -0.760. The van der Waals surface area contributed by atoms with Crippen molar-refractivity contribution in [3.05, 3.63) is 16.7 Å². The lowest BCUT2D eigenvalue weighted by molar-refractivity contribution is -0.137. The molecule has 0 saturated heterocycles.